The molecule has 1 N–H and O–H groups in total. The van der Waals surface area contributed by atoms with E-state index in [1.807, 2.05) is 6.92 Å². The predicted octanol–water partition coefficient (Wildman–Crippen LogP) is 3.45. The minimum absolute atomic E-state index is 0.171. The fourth-order valence-electron chi connectivity index (χ4n) is 3.50. The number of aryl methyl sites for hydroxylation is 1. The highest BCUT2D eigenvalue weighted by atomic mass is 35.5. The van der Waals surface area contributed by atoms with Crippen molar-refractivity contribution in [3.05, 3.63) is 56.7 Å². The van der Waals surface area contributed by atoms with Crippen molar-refractivity contribution < 1.29 is 13.2 Å². The molecule has 0 unspecified atom stereocenters. The number of rotatable bonds is 5. The molecular formula is C20H20ClN3O4S2. The Labute approximate surface area is 182 Å². The summed E-state index contributed by atoms with van der Waals surface area (Å²) >= 11 is 6.92. The molecule has 1 aliphatic rings. The molecule has 4 rings (SSSR count). The van der Waals surface area contributed by atoms with E-state index in [2.05, 4.69) is 5.32 Å². The summed E-state index contributed by atoms with van der Waals surface area (Å²) in [7, 11) is -3.57. The lowest BCUT2D eigenvalue weighted by Crippen LogP contribution is -2.27. The third kappa shape index (κ3) is 4.02. The highest BCUT2D eigenvalue weighted by Crippen LogP contribution is 2.26. The Morgan fingerprint density at radius 2 is 1.90 bits per heavy atom. The molecular weight excluding hydrogens is 446 g/mol. The number of nitrogens with one attached hydrogen (secondary N) is 1. The van der Waals surface area contributed by atoms with Crippen LogP contribution in [0.15, 0.2) is 46.1 Å². The van der Waals surface area contributed by atoms with Crippen molar-refractivity contribution in [2.75, 3.05) is 18.4 Å². The number of carbonyl (C=O) groups is 1. The summed E-state index contributed by atoms with van der Waals surface area (Å²) < 4.78 is 28.9. The molecule has 30 heavy (non-hydrogen) atoms. The number of hydrogen-bond donors (Lipinski definition) is 1. The Hall–Kier alpha value is -2.20. The van der Waals surface area contributed by atoms with Crippen LogP contribution in [0.3, 0.4) is 0 Å². The lowest BCUT2D eigenvalue weighted by molar-refractivity contribution is -0.116. The second-order valence-corrected chi connectivity index (χ2v) is 10.6. The lowest BCUT2D eigenvalue weighted by Gasteiger charge is -2.15. The van der Waals surface area contributed by atoms with Crippen LogP contribution in [0.25, 0.3) is 10.2 Å². The van der Waals surface area contributed by atoms with Gasteiger partial charge in [-0.1, -0.05) is 29.0 Å². The van der Waals surface area contributed by atoms with Crippen LogP contribution in [-0.2, 0) is 21.4 Å². The molecule has 1 saturated heterocycles. The summed E-state index contributed by atoms with van der Waals surface area (Å²) in [6.07, 6.45) is 1.71. The monoisotopic (exact) mass is 465 g/mol. The van der Waals surface area contributed by atoms with Gasteiger partial charge in [-0.25, -0.2) is 8.42 Å². The highest BCUT2D eigenvalue weighted by molar-refractivity contribution is 7.89. The summed E-state index contributed by atoms with van der Waals surface area (Å²) in [5, 5.41) is 3.27. The summed E-state index contributed by atoms with van der Waals surface area (Å²) in [6.45, 7) is 2.70. The van der Waals surface area contributed by atoms with E-state index in [-0.39, 0.29) is 22.2 Å². The highest BCUT2D eigenvalue weighted by Gasteiger charge is 2.27. The van der Waals surface area contributed by atoms with Crippen LogP contribution in [-0.4, -0.2) is 36.3 Å². The molecule has 3 aromatic rings. The molecule has 1 aliphatic heterocycles. The molecule has 2 heterocycles. The number of anilines is 1. The van der Waals surface area contributed by atoms with Crippen LogP contribution in [0, 0.1) is 6.92 Å². The SMILES string of the molecule is Cc1ccc(Cl)cc1NC(=O)Cn1c(=O)sc2cc(S(=O)(=O)N3CCCC3)ccc21. The molecule has 158 valence electrons. The number of hydrogen-bond acceptors (Lipinski definition) is 5. The number of fused-ring (bicyclic) bond motifs is 1. The van der Waals surface area contributed by atoms with Gasteiger partial charge in [0.1, 0.15) is 6.54 Å². The summed E-state index contributed by atoms with van der Waals surface area (Å²) in [4.78, 5) is 24.9. The lowest BCUT2D eigenvalue weighted by atomic mass is 10.2. The number of aromatic nitrogens is 1. The Kier molecular flexibility index (Phi) is 5.71. The van der Waals surface area contributed by atoms with Gasteiger partial charge in [-0.05, 0) is 55.7 Å². The molecule has 10 heteroatoms. The van der Waals surface area contributed by atoms with Crippen LogP contribution < -0.4 is 10.2 Å². The van der Waals surface area contributed by atoms with Gasteiger partial charge in [0.25, 0.3) is 0 Å². The Bertz CT molecular complexity index is 1290. The van der Waals surface area contributed by atoms with Crippen molar-refractivity contribution in [2.45, 2.75) is 31.2 Å². The van der Waals surface area contributed by atoms with Gasteiger partial charge in [0.2, 0.25) is 15.9 Å². The van der Waals surface area contributed by atoms with Gasteiger partial charge in [0.05, 0.1) is 15.1 Å². The number of thiazole rings is 1. The van der Waals surface area contributed by atoms with E-state index >= 15 is 0 Å². The van der Waals surface area contributed by atoms with E-state index in [0.29, 0.717) is 34.0 Å². The van der Waals surface area contributed by atoms with Gasteiger partial charge in [0.15, 0.2) is 0 Å². The first-order valence-corrected chi connectivity index (χ1v) is 12.1. The molecule has 0 aliphatic carbocycles. The third-order valence-corrected chi connectivity index (χ3v) is 8.19. The maximum Gasteiger partial charge on any atom is 0.308 e. The topological polar surface area (TPSA) is 88.5 Å². The number of sulfonamides is 1. The van der Waals surface area contributed by atoms with Crippen molar-refractivity contribution in [2.24, 2.45) is 0 Å². The van der Waals surface area contributed by atoms with E-state index in [9.17, 15) is 18.0 Å². The largest absolute Gasteiger partial charge is 0.324 e. The first-order valence-electron chi connectivity index (χ1n) is 9.45. The van der Waals surface area contributed by atoms with E-state index in [0.717, 1.165) is 29.7 Å². The minimum Gasteiger partial charge on any atom is -0.324 e. The molecule has 0 spiro atoms. The Balaban J connectivity index is 1.61. The van der Waals surface area contributed by atoms with Crippen molar-refractivity contribution in [1.29, 1.82) is 0 Å². The molecule has 7 nitrogen and oxygen atoms in total. The van der Waals surface area contributed by atoms with E-state index < -0.39 is 10.0 Å². The van der Waals surface area contributed by atoms with Crippen molar-refractivity contribution in [3.8, 4) is 0 Å². The van der Waals surface area contributed by atoms with Crippen molar-refractivity contribution in [3.63, 3.8) is 0 Å². The fourth-order valence-corrected chi connectivity index (χ4v) is 6.22. The summed E-state index contributed by atoms with van der Waals surface area (Å²) in [5.74, 6) is -0.365. The number of halogens is 1. The predicted molar refractivity (Wildman–Crippen MR) is 119 cm³/mol. The van der Waals surface area contributed by atoms with Gasteiger partial charge < -0.3 is 5.32 Å². The molecule has 1 fully saturated rings. The molecule has 1 aromatic heterocycles. The average Bonchev–Trinajstić information content (AvgIpc) is 3.33. The first-order chi connectivity index (χ1) is 14.3. The molecule has 1 amide bonds. The Morgan fingerprint density at radius 3 is 2.63 bits per heavy atom. The van der Waals surface area contributed by atoms with Gasteiger partial charge in [-0.15, -0.1) is 0 Å². The van der Waals surface area contributed by atoms with Crippen LogP contribution in [0.2, 0.25) is 5.02 Å². The number of carbonyl (C=O) groups excluding carboxylic acids is 1. The normalized spacial score (nSPS) is 15.0. The quantitative estimate of drug-likeness (QED) is 0.625. The van der Waals surface area contributed by atoms with Crippen LogP contribution in [0.4, 0.5) is 5.69 Å². The molecule has 0 atom stereocenters. The van der Waals surface area contributed by atoms with Crippen LogP contribution >= 0.6 is 22.9 Å². The second kappa shape index (κ2) is 8.14. The van der Waals surface area contributed by atoms with Gasteiger partial charge in [-0.3, -0.25) is 14.2 Å². The average molecular weight is 466 g/mol. The standard InChI is InChI=1S/C20H20ClN3O4S2/c1-13-4-5-14(21)10-16(13)22-19(25)12-24-17-7-6-15(11-18(17)29-20(24)26)30(27,28)23-8-2-3-9-23/h4-7,10-11H,2-3,8-9,12H2,1H3,(H,22,25). The molecule has 0 bridgehead atoms. The van der Waals surface area contributed by atoms with Crippen LogP contribution in [0.1, 0.15) is 18.4 Å². The van der Waals surface area contributed by atoms with Crippen molar-refractivity contribution in [1.82, 2.24) is 8.87 Å². The second-order valence-electron chi connectivity index (χ2n) is 7.20. The molecule has 2 aromatic carbocycles. The van der Waals surface area contributed by atoms with Crippen LogP contribution in [0.5, 0.6) is 0 Å². The third-order valence-electron chi connectivity index (χ3n) is 5.12. The van der Waals surface area contributed by atoms with Gasteiger partial charge in [0, 0.05) is 23.8 Å². The zero-order chi connectivity index (χ0) is 21.5. The van der Waals surface area contributed by atoms with Gasteiger partial charge in [-0.2, -0.15) is 4.31 Å². The van der Waals surface area contributed by atoms with E-state index in [1.54, 1.807) is 24.3 Å². The number of benzene rings is 2. The minimum atomic E-state index is -3.57. The fraction of sp³-hybridized carbons (Fsp3) is 0.300. The molecule has 0 radical (unpaired) electrons. The van der Waals surface area contributed by atoms with Crippen molar-refractivity contribution >= 4 is 54.8 Å². The number of amides is 1. The zero-order valence-electron chi connectivity index (χ0n) is 16.2. The summed E-state index contributed by atoms with van der Waals surface area (Å²) in [6, 6.07) is 9.79. The number of nitrogens with zero attached hydrogens (tertiary/aromatic N) is 2. The zero-order valence-corrected chi connectivity index (χ0v) is 18.6. The summed E-state index contributed by atoms with van der Waals surface area (Å²) in [5.41, 5.74) is 1.97. The van der Waals surface area contributed by atoms with E-state index in [4.69, 9.17) is 11.6 Å². The maximum absolute atomic E-state index is 12.8. The maximum atomic E-state index is 12.8. The Morgan fingerprint density at radius 1 is 1.17 bits per heavy atom. The smallest absolute Gasteiger partial charge is 0.308 e. The van der Waals surface area contributed by atoms with E-state index in [1.165, 1.54) is 21.0 Å². The first kappa shape index (κ1) is 21.0. The molecule has 0 saturated carbocycles. The van der Waals surface area contributed by atoms with Gasteiger partial charge >= 0.3 is 4.87 Å².